The van der Waals surface area contributed by atoms with Gasteiger partial charge in [-0.25, -0.2) is 14.8 Å². The van der Waals surface area contributed by atoms with Crippen LogP contribution in [0.2, 0.25) is 0 Å². The molecule has 6 heterocycles. The summed E-state index contributed by atoms with van der Waals surface area (Å²) in [6.07, 6.45) is 3.19. The number of amides is 3. The summed E-state index contributed by atoms with van der Waals surface area (Å²) in [7, 11) is 1.71. The minimum atomic E-state index is -4.44. The highest BCUT2D eigenvalue weighted by molar-refractivity contribution is 7.22. The highest BCUT2D eigenvalue weighted by Gasteiger charge is 2.47. The Bertz CT molecular complexity index is 3370. The van der Waals surface area contributed by atoms with Crippen LogP contribution in [0.25, 0.3) is 32.2 Å². The van der Waals surface area contributed by atoms with E-state index in [1.54, 1.807) is 36.0 Å². The molecule has 2 saturated heterocycles. The predicted octanol–water partition coefficient (Wildman–Crippen LogP) is 10.4. The number of hydrogen-bond acceptors (Lipinski definition) is 12. The molecule has 1 aliphatic carbocycles. The molecule has 11 rings (SSSR count). The van der Waals surface area contributed by atoms with Gasteiger partial charge in [-0.05, 0) is 141 Å². The van der Waals surface area contributed by atoms with Gasteiger partial charge in [-0.3, -0.25) is 34.6 Å². The number of carbonyl (C=O) groups excluding carboxylic acids is 3. The zero-order valence-corrected chi connectivity index (χ0v) is 43.8. The smallest absolute Gasteiger partial charge is 0.409 e. The Hall–Kier alpha value is -7.38. The van der Waals surface area contributed by atoms with Crippen molar-refractivity contribution < 1.29 is 42.2 Å². The lowest BCUT2D eigenvalue weighted by Gasteiger charge is -2.43. The van der Waals surface area contributed by atoms with Crippen LogP contribution in [0.3, 0.4) is 0 Å². The first-order valence-electron chi connectivity index (χ1n) is 26.5. The first-order chi connectivity index (χ1) is 37.1. The van der Waals surface area contributed by atoms with Crippen molar-refractivity contribution in [3.8, 4) is 16.9 Å². The molecule has 15 nitrogen and oxygen atoms in total. The molecule has 19 heteroatoms. The van der Waals surface area contributed by atoms with Crippen LogP contribution in [-0.4, -0.2) is 104 Å². The topological polar surface area (TPSA) is 175 Å². The molecule has 3 amide bonds. The lowest BCUT2D eigenvalue weighted by Crippen LogP contribution is -2.59. The number of aromatic carboxylic acids is 1. The van der Waals surface area contributed by atoms with Gasteiger partial charge in [0, 0.05) is 68.4 Å². The fourth-order valence-electron chi connectivity index (χ4n) is 11.9. The van der Waals surface area contributed by atoms with Gasteiger partial charge in [0.2, 0.25) is 11.8 Å². The second kappa shape index (κ2) is 21.6. The third-order valence-corrected chi connectivity index (χ3v) is 17.0. The van der Waals surface area contributed by atoms with Gasteiger partial charge >= 0.3 is 12.1 Å². The fraction of sp³-hybridized carbons (Fsp3) is 0.397. The van der Waals surface area contributed by atoms with Gasteiger partial charge in [0.1, 0.15) is 17.6 Å². The molecule has 3 fully saturated rings. The number of carboxylic acid groups (broad SMARTS) is 1. The van der Waals surface area contributed by atoms with Gasteiger partial charge in [-0.15, -0.1) is 0 Å². The number of carbonyl (C=O) groups is 4. The van der Waals surface area contributed by atoms with Crippen LogP contribution in [0.5, 0.6) is 5.75 Å². The third-order valence-electron chi connectivity index (χ3n) is 16.0. The Morgan fingerprint density at radius 3 is 2.49 bits per heavy atom. The maximum Gasteiger partial charge on any atom is 0.409 e. The number of aryl methyl sites for hydroxylation is 1. The number of pyridine rings is 1. The van der Waals surface area contributed by atoms with Gasteiger partial charge in [0.15, 0.2) is 10.8 Å². The summed E-state index contributed by atoms with van der Waals surface area (Å²) in [4.78, 5) is 65.6. The van der Waals surface area contributed by atoms with Crippen LogP contribution in [0.1, 0.15) is 107 Å². The van der Waals surface area contributed by atoms with Crippen LogP contribution < -0.4 is 25.2 Å². The molecule has 3 N–H and O–H groups in total. The van der Waals surface area contributed by atoms with E-state index < -0.39 is 30.0 Å². The number of alkyl halides is 3. The molecule has 0 bridgehead atoms. The van der Waals surface area contributed by atoms with E-state index in [1.165, 1.54) is 16.2 Å². The van der Waals surface area contributed by atoms with E-state index in [9.17, 15) is 37.5 Å². The van der Waals surface area contributed by atoms with Crippen molar-refractivity contribution in [2.24, 2.45) is 13.0 Å². The number of nitrogens with one attached hydrogen (secondary N) is 2. The summed E-state index contributed by atoms with van der Waals surface area (Å²) in [5, 5.41) is 21.7. The van der Waals surface area contributed by atoms with E-state index >= 15 is 0 Å². The van der Waals surface area contributed by atoms with Crippen molar-refractivity contribution in [3.05, 3.63) is 125 Å². The number of anilines is 3. The molecular formula is C58H60F3N9O6S. The Morgan fingerprint density at radius 2 is 1.70 bits per heavy atom. The summed E-state index contributed by atoms with van der Waals surface area (Å²) in [6, 6.07) is 26.3. The average Bonchev–Trinajstić information content (AvgIpc) is 4.10. The lowest BCUT2D eigenvalue weighted by atomic mass is 9.84. The number of piperazine rings is 1. The fourth-order valence-corrected chi connectivity index (χ4v) is 12.8. The van der Waals surface area contributed by atoms with E-state index in [0.717, 1.165) is 77.4 Å². The molecule has 400 valence electrons. The first-order valence-corrected chi connectivity index (χ1v) is 27.4. The molecule has 0 radical (unpaired) electrons. The molecular weight excluding hydrogens is 1010 g/mol. The van der Waals surface area contributed by atoms with Crippen molar-refractivity contribution in [2.75, 3.05) is 47.8 Å². The van der Waals surface area contributed by atoms with Gasteiger partial charge in [0.25, 0.3) is 5.91 Å². The number of thiazole rings is 1. The quantitative estimate of drug-likeness (QED) is 0.0696. The molecule has 4 aromatic carbocycles. The van der Waals surface area contributed by atoms with E-state index in [-0.39, 0.29) is 43.1 Å². The van der Waals surface area contributed by atoms with E-state index in [4.69, 9.17) is 9.72 Å². The van der Waals surface area contributed by atoms with E-state index in [0.29, 0.717) is 95.0 Å². The number of ether oxygens (including phenoxy) is 1. The molecule has 2 atom stereocenters. The molecule has 7 aromatic rings. The number of carboxylic acids is 1. The molecule has 2 unspecified atom stereocenters. The Balaban J connectivity index is 0.668. The zero-order valence-electron chi connectivity index (χ0n) is 42.9. The number of rotatable bonds is 14. The summed E-state index contributed by atoms with van der Waals surface area (Å²) >= 11 is 1.42. The Kier molecular flexibility index (Phi) is 14.5. The first kappa shape index (κ1) is 51.7. The average molecular weight is 1070 g/mol. The summed E-state index contributed by atoms with van der Waals surface area (Å²) in [5.74, 6) is -1.02. The summed E-state index contributed by atoms with van der Waals surface area (Å²) in [6.45, 7) is 4.12. The minimum absolute atomic E-state index is 0.00335. The second-order valence-electron chi connectivity index (χ2n) is 20.9. The molecule has 3 aromatic heterocycles. The van der Waals surface area contributed by atoms with Crippen LogP contribution in [0.4, 0.5) is 29.8 Å². The normalized spacial score (nSPS) is 20.3. The number of unbranched alkanes of at least 4 members (excludes halogenated alkanes) is 1. The number of fused-ring (bicyclic) bond motifs is 3. The van der Waals surface area contributed by atoms with Gasteiger partial charge in [-0.1, -0.05) is 60.6 Å². The number of para-hydroxylation sites is 1. The van der Waals surface area contributed by atoms with Crippen LogP contribution in [0.15, 0.2) is 91.0 Å². The summed E-state index contributed by atoms with van der Waals surface area (Å²) < 4.78 is 53.4. The number of imide groups is 1. The molecule has 1 saturated carbocycles. The highest BCUT2D eigenvalue weighted by atomic mass is 32.1. The maximum atomic E-state index is 14.7. The number of halogens is 3. The number of piperidine rings is 1. The van der Waals surface area contributed by atoms with Gasteiger partial charge in [-0.2, -0.15) is 18.3 Å². The largest absolute Gasteiger partial charge is 0.490 e. The van der Waals surface area contributed by atoms with Gasteiger partial charge in [0.05, 0.1) is 33.4 Å². The Morgan fingerprint density at radius 1 is 0.883 bits per heavy atom. The standard InChI is InChI=1S/C58H60F3N9O6S/c1-34-39(40-22-24-50(63-53(40)56(74)75)69-28-26-36-10-7-12-41(44(36)32-69)54(72)65-57-62-45-13-3-4-15-48(45)77-57)11-8-14-47(34)76-38-19-16-35(17-20-38)9-5-6-27-68-29-30-70(49(33-68)58(59,60)61)37-18-21-42-46(31-37)67(2)66-52(42)43-23-25-51(71)64-55(43)73/h3-4,7-8,10-15,18,21-22,24,31,35,38,43,49H,5-6,9,16-17,19-20,23,25-30,32-33H2,1-2H3,(H,74,75)(H,62,65,72)(H,64,71,73). The number of nitrogens with zero attached hydrogens (tertiary/aromatic N) is 7. The monoisotopic (exact) mass is 1070 g/mol. The van der Waals surface area contributed by atoms with Crippen molar-refractivity contribution in [1.82, 2.24) is 30.0 Å². The predicted molar refractivity (Wildman–Crippen MR) is 290 cm³/mol. The second-order valence-corrected chi connectivity index (χ2v) is 21.9. The minimum Gasteiger partial charge on any atom is -0.490 e. The number of aromatic nitrogens is 4. The highest BCUT2D eigenvalue weighted by Crippen LogP contribution is 2.39. The van der Waals surface area contributed by atoms with Crippen LogP contribution in [-0.2, 0) is 29.6 Å². The molecule has 0 spiro atoms. The van der Waals surface area contributed by atoms with E-state index in [1.807, 2.05) is 83.5 Å². The SMILES string of the molecule is Cc1c(OC2CCC(CCCCN3CCN(c4ccc5c(C6CCC(=O)NC6=O)nn(C)c5c4)C(C(F)(F)F)C3)CC2)cccc1-c1ccc(N2CCc3cccc(C(=O)Nc4nc5ccccc5s4)c3C2)nc1C(=O)O. The van der Waals surface area contributed by atoms with Gasteiger partial charge < -0.3 is 19.6 Å². The maximum absolute atomic E-state index is 14.7. The van der Waals surface area contributed by atoms with Crippen LogP contribution >= 0.6 is 11.3 Å². The lowest BCUT2D eigenvalue weighted by molar-refractivity contribution is -0.156. The third kappa shape index (κ3) is 10.8. The van der Waals surface area contributed by atoms with E-state index in [2.05, 4.69) is 20.7 Å². The molecule has 4 aliphatic rings. The van der Waals surface area contributed by atoms with Crippen LogP contribution in [0, 0.1) is 12.8 Å². The van der Waals surface area contributed by atoms with Crippen molar-refractivity contribution in [3.63, 3.8) is 0 Å². The molecule has 77 heavy (non-hydrogen) atoms. The van der Waals surface area contributed by atoms with Crippen molar-refractivity contribution >= 4 is 72.8 Å². The Labute approximate surface area is 447 Å². The van der Waals surface area contributed by atoms with Crippen molar-refractivity contribution in [2.45, 2.75) is 102 Å². The number of hydrogen-bond donors (Lipinski definition) is 3. The zero-order chi connectivity index (χ0) is 53.5. The summed E-state index contributed by atoms with van der Waals surface area (Å²) in [5.41, 5.74) is 6.87. The molecule has 3 aliphatic heterocycles. The number of benzene rings is 4. The van der Waals surface area contributed by atoms with Crippen molar-refractivity contribution in [1.29, 1.82) is 0 Å².